The van der Waals surface area contributed by atoms with Crippen LogP contribution in [-0.4, -0.2) is 16.5 Å². The molecule has 1 aromatic carbocycles. The second-order valence-electron chi connectivity index (χ2n) is 5.67. The van der Waals surface area contributed by atoms with Crippen LogP contribution in [0, 0.1) is 13.8 Å². The predicted molar refractivity (Wildman–Crippen MR) is 91.1 cm³/mol. The molecular weight excluding hydrogens is 272 g/mol. The number of allylic oxidation sites excluding steroid dienone is 1. The molecule has 4 nitrogen and oxygen atoms in total. The number of nitrogens with zero attached hydrogens (tertiary/aromatic N) is 3. The third-order valence-electron chi connectivity index (χ3n) is 4.17. The highest BCUT2D eigenvalue weighted by Crippen LogP contribution is 2.27. The van der Waals surface area contributed by atoms with Gasteiger partial charge >= 0.3 is 0 Å². The molecule has 0 radical (unpaired) electrons. The van der Waals surface area contributed by atoms with Crippen molar-refractivity contribution in [2.45, 2.75) is 33.7 Å². The van der Waals surface area contributed by atoms with Crippen molar-refractivity contribution < 1.29 is 0 Å². The van der Waals surface area contributed by atoms with Crippen LogP contribution in [-0.2, 0) is 13.0 Å². The van der Waals surface area contributed by atoms with E-state index in [1.165, 1.54) is 11.1 Å². The van der Waals surface area contributed by atoms with Crippen molar-refractivity contribution in [2.75, 3.05) is 16.8 Å². The van der Waals surface area contributed by atoms with E-state index in [2.05, 4.69) is 46.4 Å². The molecule has 0 unspecified atom stereocenters. The van der Waals surface area contributed by atoms with Gasteiger partial charge in [-0.2, -0.15) is 4.98 Å². The Morgan fingerprint density at radius 1 is 1.14 bits per heavy atom. The lowest BCUT2D eigenvalue weighted by Gasteiger charge is -2.31. The SMILES string of the molecule is CC=CNc1nc(C)c(C)c(N2CCc3ccccc3C2)n1. The number of anilines is 2. The van der Waals surface area contributed by atoms with Gasteiger partial charge in [0, 0.05) is 24.3 Å². The third-order valence-corrected chi connectivity index (χ3v) is 4.17. The number of rotatable bonds is 3. The van der Waals surface area contributed by atoms with Crippen LogP contribution < -0.4 is 10.2 Å². The van der Waals surface area contributed by atoms with Gasteiger partial charge < -0.3 is 10.2 Å². The lowest BCUT2D eigenvalue weighted by molar-refractivity contribution is 0.715. The van der Waals surface area contributed by atoms with Crippen molar-refractivity contribution in [3.63, 3.8) is 0 Å². The number of aromatic nitrogens is 2. The zero-order chi connectivity index (χ0) is 15.5. The van der Waals surface area contributed by atoms with Gasteiger partial charge in [-0.3, -0.25) is 0 Å². The number of fused-ring (bicyclic) bond motifs is 1. The molecule has 0 saturated carbocycles. The maximum absolute atomic E-state index is 4.72. The standard InChI is InChI=1S/C18H22N4/c1-4-10-19-18-20-14(3)13(2)17(21-18)22-11-9-15-7-5-6-8-16(15)12-22/h4-8,10H,9,11-12H2,1-3H3,(H,19,20,21). The quantitative estimate of drug-likeness (QED) is 0.939. The summed E-state index contributed by atoms with van der Waals surface area (Å²) in [6, 6.07) is 8.67. The number of nitrogens with one attached hydrogen (secondary N) is 1. The molecule has 0 atom stereocenters. The molecule has 0 amide bonds. The maximum atomic E-state index is 4.72. The summed E-state index contributed by atoms with van der Waals surface area (Å²) in [7, 11) is 0. The van der Waals surface area contributed by atoms with E-state index in [-0.39, 0.29) is 0 Å². The predicted octanol–water partition coefficient (Wildman–Crippen LogP) is 3.60. The summed E-state index contributed by atoms with van der Waals surface area (Å²) in [6.07, 6.45) is 4.87. The summed E-state index contributed by atoms with van der Waals surface area (Å²) < 4.78 is 0. The fraction of sp³-hybridized carbons (Fsp3) is 0.333. The molecule has 1 aliphatic rings. The van der Waals surface area contributed by atoms with Gasteiger partial charge in [-0.15, -0.1) is 0 Å². The van der Waals surface area contributed by atoms with Gasteiger partial charge in [-0.05, 0) is 44.5 Å². The second kappa shape index (κ2) is 6.18. The van der Waals surface area contributed by atoms with E-state index in [4.69, 9.17) is 4.98 Å². The molecule has 2 heterocycles. The molecular formula is C18H22N4. The molecule has 2 aromatic rings. The zero-order valence-corrected chi connectivity index (χ0v) is 13.4. The molecule has 0 aliphatic carbocycles. The van der Waals surface area contributed by atoms with Crippen LogP contribution in [0.25, 0.3) is 0 Å². The van der Waals surface area contributed by atoms with Gasteiger partial charge in [0.1, 0.15) is 5.82 Å². The fourth-order valence-corrected chi connectivity index (χ4v) is 2.82. The van der Waals surface area contributed by atoms with Crippen molar-refractivity contribution in [1.29, 1.82) is 0 Å². The molecule has 3 rings (SSSR count). The Labute approximate surface area is 131 Å². The summed E-state index contributed by atoms with van der Waals surface area (Å²) in [6.45, 7) is 8.02. The second-order valence-corrected chi connectivity index (χ2v) is 5.67. The van der Waals surface area contributed by atoms with Crippen LogP contribution in [0.5, 0.6) is 0 Å². The average molecular weight is 294 g/mol. The van der Waals surface area contributed by atoms with E-state index >= 15 is 0 Å². The van der Waals surface area contributed by atoms with E-state index < -0.39 is 0 Å². The molecule has 114 valence electrons. The van der Waals surface area contributed by atoms with Gasteiger partial charge in [-0.25, -0.2) is 4.98 Å². The van der Waals surface area contributed by atoms with Crippen molar-refractivity contribution in [2.24, 2.45) is 0 Å². The van der Waals surface area contributed by atoms with Crippen molar-refractivity contribution in [3.8, 4) is 0 Å². The molecule has 1 N–H and O–H groups in total. The lowest BCUT2D eigenvalue weighted by atomic mass is 9.99. The van der Waals surface area contributed by atoms with E-state index in [1.807, 2.05) is 26.1 Å². The topological polar surface area (TPSA) is 41.1 Å². The highest BCUT2D eigenvalue weighted by molar-refractivity contribution is 5.54. The molecule has 22 heavy (non-hydrogen) atoms. The number of hydrogen-bond acceptors (Lipinski definition) is 4. The minimum absolute atomic E-state index is 0.662. The molecule has 0 fully saturated rings. The number of aryl methyl sites for hydroxylation is 1. The fourth-order valence-electron chi connectivity index (χ4n) is 2.82. The Bertz CT molecular complexity index is 706. The molecule has 1 aromatic heterocycles. The first kappa shape index (κ1) is 14.6. The number of hydrogen-bond donors (Lipinski definition) is 1. The van der Waals surface area contributed by atoms with E-state index in [9.17, 15) is 0 Å². The van der Waals surface area contributed by atoms with Crippen LogP contribution in [0.1, 0.15) is 29.3 Å². The first-order valence-corrected chi connectivity index (χ1v) is 7.73. The van der Waals surface area contributed by atoms with Gasteiger partial charge in [-0.1, -0.05) is 30.3 Å². The normalized spacial score (nSPS) is 14.2. The molecule has 4 heteroatoms. The largest absolute Gasteiger partial charge is 0.352 e. The number of benzene rings is 1. The minimum atomic E-state index is 0.662. The Kier molecular flexibility index (Phi) is 4.09. The Hall–Kier alpha value is -2.36. The summed E-state index contributed by atoms with van der Waals surface area (Å²) in [4.78, 5) is 11.6. The Balaban J connectivity index is 1.93. The zero-order valence-electron chi connectivity index (χ0n) is 13.4. The van der Waals surface area contributed by atoms with Crippen molar-refractivity contribution in [1.82, 2.24) is 9.97 Å². The van der Waals surface area contributed by atoms with Crippen LogP contribution in [0.2, 0.25) is 0 Å². The van der Waals surface area contributed by atoms with Gasteiger partial charge in [0.15, 0.2) is 0 Å². The summed E-state index contributed by atoms with van der Waals surface area (Å²) in [5.41, 5.74) is 5.03. The maximum Gasteiger partial charge on any atom is 0.228 e. The monoisotopic (exact) mass is 294 g/mol. The van der Waals surface area contributed by atoms with Crippen LogP contribution in [0.4, 0.5) is 11.8 Å². The van der Waals surface area contributed by atoms with Gasteiger partial charge in [0.2, 0.25) is 5.95 Å². The summed E-state index contributed by atoms with van der Waals surface area (Å²) in [5.74, 6) is 1.70. The lowest BCUT2D eigenvalue weighted by Crippen LogP contribution is -2.32. The Morgan fingerprint density at radius 2 is 1.91 bits per heavy atom. The van der Waals surface area contributed by atoms with Crippen LogP contribution in [0.3, 0.4) is 0 Å². The van der Waals surface area contributed by atoms with Crippen LogP contribution >= 0.6 is 0 Å². The first-order chi connectivity index (χ1) is 10.7. The smallest absolute Gasteiger partial charge is 0.228 e. The van der Waals surface area contributed by atoms with E-state index in [1.54, 1.807) is 0 Å². The molecule has 1 aliphatic heterocycles. The average Bonchev–Trinajstić information content (AvgIpc) is 2.55. The summed E-state index contributed by atoms with van der Waals surface area (Å²) >= 11 is 0. The Morgan fingerprint density at radius 3 is 2.68 bits per heavy atom. The van der Waals surface area contributed by atoms with E-state index in [0.29, 0.717) is 5.95 Å². The molecule has 0 spiro atoms. The highest BCUT2D eigenvalue weighted by atomic mass is 15.2. The summed E-state index contributed by atoms with van der Waals surface area (Å²) in [5, 5.41) is 3.13. The van der Waals surface area contributed by atoms with Gasteiger partial charge in [0.05, 0.1) is 0 Å². The minimum Gasteiger partial charge on any atom is -0.352 e. The molecule has 0 saturated heterocycles. The first-order valence-electron chi connectivity index (χ1n) is 7.73. The van der Waals surface area contributed by atoms with Crippen molar-refractivity contribution in [3.05, 3.63) is 58.9 Å². The van der Waals surface area contributed by atoms with E-state index in [0.717, 1.165) is 36.6 Å². The third kappa shape index (κ3) is 2.82. The van der Waals surface area contributed by atoms with Gasteiger partial charge in [0.25, 0.3) is 0 Å². The van der Waals surface area contributed by atoms with Crippen LogP contribution in [0.15, 0.2) is 36.5 Å². The molecule has 0 bridgehead atoms. The van der Waals surface area contributed by atoms with Crippen molar-refractivity contribution >= 4 is 11.8 Å². The highest BCUT2D eigenvalue weighted by Gasteiger charge is 2.20.